The van der Waals surface area contributed by atoms with E-state index in [1.807, 2.05) is 0 Å². The van der Waals surface area contributed by atoms with Crippen molar-refractivity contribution in [1.29, 1.82) is 0 Å². The van der Waals surface area contributed by atoms with E-state index in [4.69, 9.17) is 27.1 Å². The average Bonchev–Trinajstić information content (AvgIpc) is 3.64. The SMILES string of the molecule is Cc1cc(N)nc(-c2c(Cl)c3c4c(nc(OC[C@@]56CCCN5C[C@H](F)C6)nc4c2F)N2C[C@H]4CC[C@H](N4)C2CCC3)c1C(F)(F)F. The highest BCUT2D eigenvalue weighted by atomic mass is 35.5. The van der Waals surface area contributed by atoms with E-state index in [9.17, 15) is 17.6 Å². The molecule has 8 nitrogen and oxygen atoms in total. The molecule has 0 saturated carbocycles. The first kappa shape index (κ1) is 30.3. The number of aromatic nitrogens is 3. The molecule has 0 radical (unpaired) electrons. The number of ether oxygens (including phenoxy) is 1. The number of fused-ring (bicyclic) bond motifs is 6. The Morgan fingerprint density at radius 3 is 2.78 bits per heavy atom. The summed E-state index contributed by atoms with van der Waals surface area (Å²) in [4.78, 5) is 17.7. The maximum atomic E-state index is 17.0. The summed E-state index contributed by atoms with van der Waals surface area (Å²) >= 11 is 6.94. The van der Waals surface area contributed by atoms with Crippen LogP contribution in [0.4, 0.5) is 33.6 Å². The average molecular weight is 664 g/mol. The minimum absolute atomic E-state index is 0.0838. The van der Waals surface area contributed by atoms with Crippen molar-refractivity contribution in [1.82, 2.24) is 25.2 Å². The molecule has 246 valence electrons. The standard InChI is InChI=1S/C32H35ClF5N7O/c1-15-10-21(39)41-27(24(15)32(36,37)38)23-25(33)18-4-2-5-20-19-7-6-17(40-19)13-45(20)29-22(18)28(26(23)35)42-30(43-29)46-14-31-8-3-9-44(31)12-16(34)11-31/h10,16-17,19-20,40H,2-9,11-14H2,1H3,(H2,39,41)/t16-,17-,19+,20?,31+/m1/s1. The number of aryl methyl sites for hydroxylation is 2. The fraction of sp³-hybridized carbons (Fsp3) is 0.594. The van der Waals surface area contributed by atoms with Gasteiger partial charge >= 0.3 is 12.2 Å². The third-order valence-corrected chi connectivity index (χ3v) is 11.2. The molecule has 46 heavy (non-hydrogen) atoms. The summed E-state index contributed by atoms with van der Waals surface area (Å²) in [5.41, 5.74) is 3.26. The van der Waals surface area contributed by atoms with Crippen LogP contribution >= 0.6 is 11.6 Å². The van der Waals surface area contributed by atoms with Crippen LogP contribution in [0.2, 0.25) is 5.02 Å². The van der Waals surface area contributed by atoms with Gasteiger partial charge in [-0.2, -0.15) is 23.1 Å². The smallest absolute Gasteiger partial charge is 0.418 e. The molecule has 3 N–H and O–H groups in total. The third-order valence-electron chi connectivity index (χ3n) is 10.8. The van der Waals surface area contributed by atoms with Gasteiger partial charge in [-0.05, 0) is 75.6 Å². The molecule has 0 amide bonds. The van der Waals surface area contributed by atoms with Crippen molar-refractivity contribution < 1.29 is 26.7 Å². The zero-order chi connectivity index (χ0) is 32.1. The minimum Gasteiger partial charge on any atom is -0.461 e. The summed E-state index contributed by atoms with van der Waals surface area (Å²) in [6.45, 7) is 3.12. The molecular formula is C32H35ClF5N7O. The lowest BCUT2D eigenvalue weighted by Gasteiger charge is -2.43. The van der Waals surface area contributed by atoms with Crippen molar-refractivity contribution in [2.24, 2.45) is 0 Å². The number of anilines is 2. The lowest BCUT2D eigenvalue weighted by atomic mass is 9.90. The highest BCUT2D eigenvalue weighted by molar-refractivity contribution is 6.35. The number of alkyl halides is 4. The second kappa shape index (κ2) is 10.7. The summed E-state index contributed by atoms with van der Waals surface area (Å²) in [6.07, 6.45) is 0.0508. The van der Waals surface area contributed by atoms with E-state index in [1.54, 1.807) is 0 Å². The van der Waals surface area contributed by atoms with E-state index in [1.165, 1.54) is 6.92 Å². The molecule has 7 heterocycles. The number of piperazine rings is 1. The van der Waals surface area contributed by atoms with Crippen LogP contribution in [0.1, 0.15) is 61.6 Å². The first-order valence-electron chi connectivity index (χ1n) is 16.0. The normalized spacial score (nSPS) is 29.2. The Morgan fingerprint density at radius 2 is 1.98 bits per heavy atom. The largest absolute Gasteiger partial charge is 0.461 e. The van der Waals surface area contributed by atoms with Gasteiger partial charge in [-0.15, -0.1) is 0 Å². The van der Waals surface area contributed by atoms with Gasteiger partial charge < -0.3 is 20.7 Å². The molecule has 14 heteroatoms. The Morgan fingerprint density at radius 1 is 1.15 bits per heavy atom. The number of nitrogen functional groups attached to an aromatic ring is 1. The van der Waals surface area contributed by atoms with Crippen molar-refractivity contribution >= 4 is 34.1 Å². The second-order valence-corrected chi connectivity index (χ2v) is 14.0. The van der Waals surface area contributed by atoms with Crippen molar-refractivity contribution in [3.8, 4) is 17.3 Å². The maximum Gasteiger partial charge on any atom is 0.418 e. The monoisotopic (exact) mass is 663 g/mol. The summed E-state index contributed by atoms with van der Waals surface area (Å²) in [7, 11) is 0. The summed E-state index contributed by atoms with van der Waals surface area (Å²) in [5.74, 6) is -0.761. The first-order valence-corrected chi connectivity index (χ1v) is 16.4. The van der Waals surface area contributed by atoms with Crippen LogP contribution < -0.4 is 20.7 Å². The summed E-state index contributed by atoms with van der Waals surface area (Å²) in [5, 5.41) is 3.93. The van der Waals surface area contributed by atoms with E-state index in [0.29, 0.717) is 49.1 Å². The third kappa shape index (κ3) is 4.70. The van der Waals surface area contributed by atoms with Crippen LogP contribution in [0.3, 0.4) is 0 Å². The molecule has 2 aromatic heterocycles. The Labute approximate surface area is 267 Å². The molecule has 5 aliphatic rings. The molecular weight excluding hydrogens is 629 g/mol. The number of halogens is 6. The molecule has 5 atom stereocenters. The van der Waals surface area contributed by atoms with Gasteiger partial charge in [0.05, 0.1) is 32.8 Å². The highest BCUT2D eigenvalue weighted by Gasteiger charge is 2.50. The number of nitrogens with zero attached hydrogens (tertiary/aromatic N) is 5. The van der Waals surface area contributed by atoms with Gasteiger partial charge in [0.15, 0.2) is 5.82 Å². The minimum atomic E-state index is -4.85. The zero-order valence-corrected chi connectivity index (χ0v) is 26.1. The fourth-order valence-corrected chi connectivity index (χ4v) is 9.28. The van der Waals surface area contributed by atoms with Crippen LogP contribution in [0.5, 0.6) is 6.01 Å². The van der Waals surface area contributed by atoms with E-state index < -0.39 is 40.5 Å². The van der Waals surface area contributed by atoms with Gasteiger partial charge in [-0.25, -0.2) is 13.8 Å². The molecule has 1 unspecified atom stereocenters. The van der Waals surface area contributed by atoms with Crippen LogP contribution in [-0.4, -0.2) is 75.9 Å². The quantitative estimate of drug-likeness (QED) is 0.329. The molecule has 8 rings (SSSR count). The van der Waals surface area contributed by atoms with Gasteiger partial charge in [0.25, 0.3) is 0 Å². The van der Waals surface area contributed by atoms with Gasteiger partial charge in [-0.1, -0.05) is 11.6 Å². The molecule has 4 fully saturated rings. The molecule has 3 aromatic rings. The lowest BCUT2D eigenvalue weighted by Crippen LogP contribution is -2.58. The Hall–Kier alpha value is -3.03. The van der Waals surface area contributed by atoms with E-state index >= 15 is 4.39 Å². The van der Waals surface area contributed by atoms with Crippen molar-refractivity contribution in [3.63, 3.8) is 0 Å². The predicted octanol–water partition coefficient (Wildman–Crippen LogP) is 5.99. The fourth-order valence-electron chi connectivity index (χ4n) is 8.92. The van der Waals surface area contributed by atoms with Gasteiger partial charge in [0.2, 0.25) is 0 Å². The molecule has 1 aromatic carbocycles. The van der Waals surface area contributed by atoms with Crippen molar-refractivity contribution in [2.75, 3.05) is 36.9 Å². The summed E-state index contributed by atoms with van der Waals surface area (Å²) in [6, 6.07) is 1.55. The second-order valence-electron chi connectivity index (χ2n) is 13.6. The van der Waals surface area contributed by atoms with Gasteiger partial charge in [-0.3, -0.25) is 4.90 Å². The molecule has 4 saturated heterocycles. The highest BCUT2D eigenvalue weighted by Crippen LogP contribution is 2.49. The van der Waals surface area contributed by atoms with Crippen LogP contribution in [0.25, 0.3) is 22.2 Å². The number of nitrogens with one attached hydrogen (secondary N) is 1. The summed E-state index contributed by atoms with van der Waals surface area (Å²) < 4.78 is 81.1. The predicted molar refractivity (Wildman–Crippen MR) is 164 cm³/mol. The number of pyridine rings is 1. The van der Waals surface area contributed by atoms with Crippen molar-refractivity contribution in [3.05, 3.63) is 33.6 Å². The topological polar surface area (TPSA) is 92.4 Å². The molecule has 0 spiro atoms. The number of rotatable bonds is 4. The number of hydrogen-bond donors (Lipinski definition) is 2. The number of hydrogen-bond acceptors (Lipinski definition) is 8. The first-order chi connectivity index (χ1) is 21.9. The van der Waals surface area contributed by atoms with Gasteiger partial charge in [0.1, 0.15) is 29.9 Å². The molecule has 5 aliphatic heterocycles. The van der Waals surface area contributed by atoms with Crippen LogP contribution in [0.15, 0.2) is 6.07 Å². The Balaban J connectivity index is 1.35. The lowest BCUT2D eigenvalue weighted by molar-refractivity contribution is -0.137. The Bertz CT molecular complexity index is 1740. The molecule has 0 aliphatic carbocycles. The van der Waals surface area contributed by atoms with E-state index in [-0.39, 0.29) is 52.7 Å². The maximum absolute atomic E-state index is 17.0. The van der Waals surface area contributed by atoms with E-state index in [0.717, 1.165) is 44.7 Å². The number of benzene rings is 1. The number of nitrogens with two attached hydrogens (primary N) is 1. The molecule has 2 bridgehead atoms. The Kier molecular flexibility index (Phi) is 7.08. The van der Waals surface area contributed by atoms with Gasteiger partial charge in [0, 0.05) is 37.6 Å². The van der Waals surface area contributed by atoms with Crippen molar-refractivity contribution in [2.45, 2.75) is 94.3 Å². The van der Waals surface area contributed by atoms with E-state index in [2.05, 4.69) is 25.1 Å². The van der Waals surface area contributed by atoms with Crippen LogP contribution in [-0.2, 0) is 12.6 Å². The van der Waals surface area contributed by atoms with Crippen LogP contribution in [0, 0.1) is 12.7 Å². The zero-order valence-electron chi connectivity index (χ0n) is 25.4.